The summed E-state index contributed by atoms with van der Waals surface area (Å²) in [5.74, 6) is 1.81. The van der Waals surface area contributed by atoms with E-state index in [2.05, 4.69) is 24.0 Å². The summed E-state index contributed by atoms with van der Waals surface area (Å²) >= 11 is 3.75. The fourth-order valence-corrected chi connectivity index (χ4v) is 5.30. The van der Waals surface area contributed by atoms with Crippen molar-refractivity contribution < 1.29 is 4.79 Å². The number of hydrogen-bond acceptors (Lipinski definition) is 3. The first-order valence-electron chi connectivity index (χ1n) is 6.74. The molecule has 98 valence electrons. The van der Waals surface area contributed by atoms with Crippen LogP contribution in [-0.4, -0.2) is 23.1 Å². The first-order chi connectivity index (χ1) is 8.75. The molecular weight excluding hydrogens is 262 g/mol. The van der Waals surface area contributed by atoms with Crippen LogP contribution in [0.25, 0.3) is 0 Å². The summed E-state index contributed by atoms with van der Waals surface area (Å²) in [5.41, 5.74) is 0. The molecule has 18 heavy (non-hydrogen) atoms. The van der Waals surface area contributed by atoms with E-state index >= 15 is 0 Å². The summed E-state index contributed by atoms with van der Waals surface area (Å²) in [6.45, 7) is 3.07. The van der Waals surface area contributed by atoms with E-state index in [1.807, 2.05) is 23.1 Å². The second-order valence-corrected chi connectivity index (χ2v) is 7.69. The van der Waals surface area contributed by atoms with Crippen LogP contribution < -0.4 is 0 Å². The molecule has 1 aliphatic heterocycles. The molecule has 1 saturated heterocycles. The lowest BCUT2D eigenvalue weighted by Gasteiger charge is -2.25. The SMILES string of the molecule is Cc1ccc([C@@H]2SCCN2C(=O)C2CCCC2)s1. The van der Waals surface area contributed by atoms with E-state index in [-0.39, 0.29) is 5.37 Å². The summed E-state index contributed by atoms with van der Waals surface area (Å²) in [6, 6.07) is 4.36. The number of thioether (sulfide) groups is 1. The summed E-state index contributed by atoms with van der Waals surface area (Å²) < 4.78 is 0. The van der Waals surface area contributed by atoms with Crippen LogP contribution in [0.3, 0.4) is 0 Å². The van der Waals surface area contributed by atoms with Crippen molar-refractivity contribution in [2.75, 3.05) is 12.3 Å². The second-order valence-electron chi connectivity index (χ2n) is 5.18. The van der Waals surface area contributed by atoms with Gasteiger partial charge in [0.25, 0.3) is 0 Å². The summed E-state index contributed by atoms with van der Waals surface area (Å²) in [7, 11) is 0. The van der Waals surface area contributed by atoms with Gasteiger partial charge in [0.15, 0.2) is 0 Å². The average molecular weight is 281 g/mol. The quantitative estimate of drug-likeness (QED) is 0.821. The molecule has 1 aromatic rings. The number of rotatable bonds is 2. The summed E-state index contributed by atoms with van der Waals surface area (Å²) in [4.78, 5) is 17.4. The molecule has 0 radical (unpaired) electrons. The van der Waals surface area contributed by atoms with Crippen LogP contribution in [0.5, 0.6) is 0 Å². The van der Waals surface area contributed by atoms with Crippen LogP contribution in [0, 0.1) is 12.8 Å². The highest BCUT2D eigenvalue weighted by Gasteiger charge is 2.35. The van der Waals surface area contributed by atoms with E-state index in [4.69, 9.17) is 0 Å². The Labute approximate surface area is 117 Å². The van der Waals surface area contributed by atoms with Crippen molar-refractivity contribution in [2.24, 2.45) is 5.92 Å². The molecule has 2 heterocycles. The molecule has 4 heteroatoms. The molecule has 1 aromatic heterocycles. The smallest absolute Gasteiger partial charge is 0.226 e. The monoisotopic (exact) mass is 281 g/mol. The van der Waals surface area contributed by atoms with Gasteiger partial charge in [-0.15, -0.1) is 23.1 Å². The van der Waals surface area contributed by atoms with Crippen molar-refractivity contribution in [1.82, 2.24) is 4.90 Å². The maximum absolute atomic E-state index is 12.6. The van der Waals surface area contributed by atoms with Crippen LogP contribution in [-0.2, 0) is 4.79 Å². The number of carbonyl (C=O) groups excluding carboxylic acids is 1. The fourth-order valence-electron chi connectivity index (χ4n) is 2.92. The van der Waals surface area contributed by atoms with Crippen molar-refractivity contribution in [2.45, 2.75) is 38.0 Å². The molecule has 0 N–H and O–H groups in total. The summed E-state index contributed by atoms with van der Waals surface area (Å²) in [6.07, 6.45) is 4.69. The van der Waals surface area contributed by atoms with Gasteiger partial charge in [-0.05, 0) is 31.9 Å². The zero-order valence-electron chi connectivity index (χ0n) is 10.7. The van der Waals surface area contributed by atoms with Crippen LogP contribution in [0.15, 0.2) is 12.1 Å². The minimum atomic E-state index is 0.289. The zero-order valence-corrected chi connectivity index (χ0v) is 12.4. The van der Waals surface area contributed by atoms with Crippen molar-refractivity contribution in [1.29, 1.82) is 0 Å². The number of nitrogens with zero attached hydrogens (tertiary/aromatic N) is 1. The molecule has 2 aliphatic rings. The minimum absolute atomic E-state index is 0.289. The van der Waals surface area contributed by atoms with Gasteiger partial charge in [0.2, 0.25) is 5.91 Å². The van der Waals surface area contributed by atoms with Gasteiger partial charge in [0.05, 0.1) is 0 Å². The lowest BCUT2D eigenvalue weighted by molar-refractivity contribution is -0.135. The van der Waals surface area contributed by atoms with E-state index in [0.29, 0.717) is 11.8 Å². The first kappa shape index (κ1) is 12.5. The molecular formula is C14H19NOS2. The predicted octanol–water partition coefficient (Wildman–Crippen LogP) is 3.82. The highest BCUT2D eigenvalue weighted by Crippen LogP contribution is 2.42. The molecule has 0 spiro atoms. The average Bonchev–Trinajstić information content (AvgIpc) is 3.09. The van der Waals surface area contributed by atoms with Gasteiger partial charge in [-0.3, -0.25) is 4.79 Å². The molecule has 2 fully saturated rings. The molecule has 2 nitrogen and oxygen atoms in total. The maximum Gasteiger partial charge on any atom is 0.226 e. The lowest BCUT2D eigenvalue weighted by atomic mass is 10.1. The fraction of sp³-hybridized carbons (Fsp3) is 0.643. The number of hydrogen-bond donors (Lipinski definition) is 0. The Morgan fingerprint density at radius 2 is 2.11 bits per heavy atom. The number of carbonyl (C=O) groups is 1. The Hall–Kier alpha value is -0.480. The van der Waals surface area contributed by atoms with E-state index < -0.39 is 0 Å². The highest BCUT2D eigenvalue weighted by atomic mass is 32.2. The van der Waals surface area contributed by atoms with Gasteiger partial charge in [-0.25, -0.2) is 0 Å². The number of thiophene rings is 1. The Kier molecular flexibility index (Phi) is 3.66. The van der Waals surface area contributed by atoms with Gasteiger partial charge < -0.3 is 4.90 Å². The van der Waals surface area contributed by atoms with Crippen molar-refractivity contribution in [3.8, 4) is 0 Å². The number of aryl methyl sites for hydroxylation is 1. The molecule has 3 rings (SSSR count). The largest absolute Gasteiger partial charge is 0.325 e. The van der Waals surface area contributed by atoms with Crippen molar-refractivity contribution in [3.05, 3.63) is 21.9 Å². The van der Waals surface area contributed by atoms with Crippen LogP contribution in [0.4, 0.5) is 0 Å². The number of amides is 1. The third kappa shape index (κ3) is 2.32. The first-order valence-corrected chi connectivity index (χ1v) is 8.60. The van der Waals surface area contributed by atoms with Crippen LogP contribution in [0.2, 0.25) is 0 Å². The van der Waals surface area contributed by atoms with Crippen LogP contribution in [0.1, 0.15) is 40.8 Å². The predicted molar refractivity (Wildman–Crippen MR) is 77.9 cm³/mol. The molecule has 1 atom stereocenters. The molecule has 0 aromatic carbocycles. The van der Waals surface area contributed by atoms with E-state index in [1.54, 1.807) is 0 Å². The van der Waals surface area contributed by atoms with Gasteiger partial charge in [0, 0.05) is 28.0 Å². The molecule has 1 saturated carbocycles. The van der Waals surface area contributed by atoms with Gasteiger partial charge >= 0.3 is 0 Å². The van der Waals surface area contributed by atoms with Crippen molar-refractivity contribution >= 4 is 29.0 Å². The van der Waals surface area contributed by atoms with E-state index in [1.165, 1.54) is 22.6 Å². The Bertz CT molecular complexity index is 437. The Morgan fingerprint density at radius 3 is 2.78 bits per heavy atom. The molecule has 1 amide bonds. The standard InChI is InChI=1S/C14H19NOS2/c1-10-6-7-12(18-10)14-15(8-9-17-14)13(16)11-4-2-3-5-11/h6-7,11,14H,2-5,8-9H2,1H3/t14-/m0/s1. The Balaban J connectivity index is 1.76. The lowest BCUT2D eigenvalue weighted by Crippen LogP contribution is -2.34. The molecule has 1 aliphatic carbocycles. The minimum Gasteiger partial charge on any atom is -0.325 e. The Morgan fingerprint density at radius 1 is 1.33 bits per heavy atom. The topological polar surface area (TPSA) is 20.3 Å². The van der Waals surface area contributed by atoms with Gasteiger partial charge in [0.1, 0.15) is 5.37 Å². The van der Waals surface area contributed by atoms with E-state index in [0.717, 1.165) is 25.1 Å². The maximum atomic E-state index is 12.6. The molecule has 0 unspecified atom stereocenters. The van der Waals surface area contributed by atoms with Crippen LogP contribution >= 0.6 is 23.1 Å². The second kappa shape index (κ2) is 5.25. The van der Waals surface area contributed by atoms with E-state index in [9.17, 15) is 4.79 Å². The zero-order chi connectivity index (χ0) is 12.5. The van der Waals surface area contributed by atoms with Crippen molar-refractivity contribution in [3.63, 3.8) is 0 Å². The van der Waals surface area contributed by atoms with Gasteiger partial charge in [-0.1, -0.05) is 12.8 Å². The highest BCUT2D eigenvalue weighted by molar-refractivity contribution is 7.99. The summed E-state index contributed by atoms with van der Waals surface area (Å²) in [5, 5.41) is 0.289. The molecule has 0 bridgehead atoms. The van der Waals surface area contributed by atoms with Gasteiger partial charge in [-0.2, -0.15) is 0 Å². The normalized spacial score (nSPS) is 24.9. The third-order valence-corrected chi connectivity index (χ3v) is 6.33. The third-order valence-electron chi connectivity index (χ3n) is 3.88.